The van der Waals surface area contributed by atoms with E-state index >= 15 is 0 Å². The van der Waals surface area contributed by atoms with Crippen molar-refractivity contribution in [3.8, 4) is 0 Å². The molecular formula is C8H12N2OS. The molecule has 1 heterocycles. The molecule has 1 aromatic rings. The Labute approximate surface area is 76.0 Å². The van der Waals surface area contributed by atoms with Crippen molar-refractivity contribution in [2.45, 2.75) is 13.5 Å². The van der Waals surface area contributed by atoms with E-state index in [-0.39, 0.29) is 0 Å². The zero-order chi connectivity index (χ0) is 8.97. The molecule has 1 rings (SSSR count). The molecule has 0 aliphatic rings. The van der Waals surface area contributed by atoms with E-state index in [1.54, 1.807) is 11.3 Å². The minimum absolute atomic E-state index is 0.469. The number of carbonyl (C=O) groups excluding carboxylic acids is 1. The van der Waals surface area contributed by atoms with Crippen LogP contribution >= 0.6 is 11.3 Å². The molecule has 0 saturated heterocycles. The molecule has 0 atom stereocenters. The smallest absolute Gasteiger partial charge is 0.133 e. The summed E-state index contributed by atoms with van der Waals surface area (Å²) in [5, 5.41) is 3.10. The van der Waals surface area contributed by atoms with Crippen LogP contribution in [0.3, 0.4) is 0 Å². The van der Waals surface area contributed by atoms with E-state index in [0.29, 0.717) is 6.54 Å². The zero-order valence-electron chi connectivity index (χ0n) is 7.28. The van der Waals surface area contributed by atoms with E-state index in [4.69, 9.17) is 0 Å². The van der Waals surface area contributed by atoms with Crippen molar-refractivity contribution >= 4 is 17.6 Å². The predicted molar refractivity (Wildman–Crippen MR) is 49.2 cm³/mol. The Morgan fingerprint density at radius 2 is 2.50 bits per heavy atom. The van der Waals surface area contributed by atoms with Crippen molar-refractivity contribution in [1.29, 1.82) is 0 Å². The summed E-state index contributed by atoms with van der Waals surface area (Å²) >= 11 is 1.64. The van der Waals surface area contributed by atoms with Gasteiger partial charge in [-0.2, -0.15) is 0 Å². The lowest BCUT2D eigenvalue weighted by molar-refractivity contribution is -0.108. The van der Waals surface area contributed by atoms with Gasteiger partial charge in [0.15, 0.2) is 0 Å². The summed E-state index contributed by atoms with van der Waals surface area (Å²) in [5.74, 6) is 0. The first-order chi connectivity index (χ1) is 5.72. The summed E-state index contributed by atoms with van der Waals surface area (Å²) in [6.07, 6.45) is 0.902. The third kappa shape index (κ3) is 2.71. The first kappa shape index (κ1) is 9.35. The lowest BCUT2D eigenvalue weighted by atomic mass is 10.4. The number of hydrogen-bond acceptors (Lipinski definition) is 4. The van der Waals surface area contributed by atoms with Gasteiger partial charge in [-0.3, -0.25) is 4.90 Å². The monoisotopic (exact) mass is 184 g/mol. The lowest BCUT2D eigenvalue weighted by Gasteiger charge is -2.09. The van der Waals surface area contributed by atoms with Gasteiger partial charge in [0.25, 0.3) is 0 Å². The molecule has 0 bridgehead atoms. The molecule has 0 amide bonds. The molecule has 0 radical (unpaired) electrons. The summed E-state index contributed by atoms with van der Waals surface area (Å²) in [6.45, 7) is 3.20. The number of thiazole rings is 1. The number of hydrogen-bond donors (Lipinski definition) is 0. The Hall–Kier alpha value is -0.740. The molecule has 66 valence electrons. The minimum Gasteiger partial charge on any atom is -0.302 e. The van der Waals surface area contributed by atoms with Crippen LogP contribution in [0.15, 0.2) is 5.38 Å². The van der Waals surface area contributed by atoms with E-state index < -0.39 is 0 Å². The van der Waals surface area contributed by atoms with Crippen LogP contribution in [0.1, 0.15) is 10.7 Å². The number of rotatable bonds is 4. The molecule has 4 heteroatoms. The van der Waals surface area contributed by atoms with Crippen molar-refractivity contribution in [3.05, 3.63) is 16.1 Å². The van der Waals surface area contributed by atoms with Gasteiger partial charge < -0.3 is 4.79 Å². The van der Waals surface area contributed by atoms with Crippen molar-refractivity contribution in [3.63, 3.8) is 0 Å². The van der Waals surface area contributed by atoms with Crippen molar-refractivity contribution in [1.82, 2.24) is 9.88 Å². The molecule has 0 unspecified atom stereocenters. The normalized spacial score (nSPS) is 10.6. The second kappa shape index (κ2) is 4.33. The third-order valence-corrected chi connectivity index (χ3v) is 2.31. The summed E-state index contributed by atoms with van der Waals surface area (Å²) < 4.78 is 0. The minimum atomic E-state index is 0.469. The van der Waals surface area contributed by atoms with Crippen LogP contribution in [0.4, 0.5) is 0 Å². The average Bonchev–Trinajstić information content (AvgIpc) is 2.36. The molecule has 0 aliphatic carbocycles. The predicted octanol–water partition coefficient (Wildman–Crippen LogP) is 1.08. The van der Waals surface area contributed by atoms with Crippen LogP contribution < -0.4 is 0 Å². The molecule has 0 saturated carbocycles. The first-order valence-electron chi connectivity index (χ1n) is 3.75. The molecule has 1 aromatic heterocycles. The van der Waals surface area contributed by atoms with Gasteiger partial charge in [0.1, 0.15) is 6.29 Å². The number of carbonyl (C=O) groups is 1. The van der Waals surface area contributed by atoms with Crippen molar-refractivity contribution in [2.75, 3.05) is 13.6 Å². The van der Waals surface area contributed by atoms with Gasteiger partial charge in [0.05, 0.1) is 17.2 Å². The Balaban J connectivity index is 2.46. The molecule has 0 fully saturated rings. The Morgan fingerprint density at radius 3 is 3.00 bits per heavy atom. The van der Waals surface area contributed by atoms with Crippen LogP contribution in [0.5, 0.6) is 0 Å². The Kier molecular flexibility index (Phi) is 3.37. The maximum Gasteiger partial charge on any atom is 0.133 e. The lowest BCUT2D eigenvalue weighted by Crippen LogP contribution is -2.19. The number of likely N-dealkylation sites (N-methyl/N-ethyl adjacent to an activating group) is 1. The SMILES string of the molecule is Cc1nc(CN(C)CC=O)cs1. The van der Waals surface area contributed by atoms with Gasteiger partial charge in [0, 0.05) is 11.9 Å². The van der Waals surface area contributed by atoms with Crippen molar-refractivity contribution < 1.29 is 4.79 Å². The Morgan fingerprint density at radius 1 is 1.75 bits per heavy atom. The number of aryl methyl sites for hydroxylation is 1. The number of nitrogens with zero attached hydrogens (tertiary/aromatic N) is 2. The molecule has 0 spiro atoms. The van der Waals surface area contributed by atoms with Crippen LogP contribution in [0, 0.1) is 6.92 Å². The van der Waals surface area contributed by atoms with E-state index in [2.05, 4.69) is 4.98 Å². The fraction of sp³-hybridized carbons (Fsp3) is 0.500. The summed E-state index contributed by atoms with van der Waals surface area (Å²) in [4.78, 5) is 16.4. The van der Waals surface area contributed by atoms with E-state index in [1.165, 1.54) is 0 Å². The molecule has 0 aromatic carbocycles. The highest BCUT2D eigenvalue weighted by atomic mass is 32.1. The summed E-state index contributed by atoms with van der Waals surface area (Å²) in [7, 11) is 1.91. The van der Waals surface area contributed by atoms with Gasteiger partial charge in [-0.05, 0) is 14.0 Å². The quantitative estimate of drug-likeness (QED) is 0.656. The van der Waals surface area contributed by atoms with Gasteiger partial charge in [-0.15, -0.1) is 11.3 Å². The van der Waals surface area contributed by atoms with E-state index in [0.717, 1.165) is 23.5 Å². The van der Waals surface area contributed by atoms with Gasteiger partial charge >= 0.3 is 0 Å². The molecule has 0 aliphatic heterocycles. The largest absolute Gasteiger partial charge is 0.302 e. The molecular weight excluding hydrogens is 172 g/mol. The first-order valence-corrected chi connectivity index (χ1v) is 4.63. The highest BCUT2D eigenvalue weighted by Crippen LogP contribution is 2.08. The van der Waals surface area contributed by atoms with Crippen LogP contribution in [0.25, 0.3) is 0 Å². The average molecular weight is 184 g/mol. The second-order valence-electron chi connectivity index (χ2n) is 2.72. The summed E-state index contributed by atoms with van der Waals surface area (Å²) in [6, 6.07) is 0. The highest BCUT2D eigenvalue weighted by molar-refractivity contribution is 7.09. The zero-order valence-corrected chi connectivity index (χ0v) is 8.10. The standard InChI is InChI=1S/C8H12N2OS/c1-7-9-8(6-12-7)5-10(2)3-4-11/h4,6H,3,5H2,1-2H3. The maximum atomic E-state index is 10.2. The van der Waals surface area contributed by atoms with Gasteiger partial charge in [-0.25, -0.2) is 4.98 Å². The second-order valence-corrected chi connectivity index (χ2v) is 3.78. The highest BCUT2D eigenvalue weighted by Gasteiger charge is 2.01. The van der Waals surface area contributed by atoms with Crippen molar-refractivity contribution in [2.24, 2.45) is 0 Å². The topological polar surface area (TPSA) is 33.2 Å². The van der Waals surface area contributed by atoms with E-state index in [9.17, 15) is 4.79 Å². The molecule has 3 nitrogen and oxygen atoms in total. The molecule has 0 N–H and O–H groups in total. The number of aldehydes is 1. The van der Waals surface area contributed by atoms with Gasteiger partial charge in [-0.1, -0.05) is 0 Å². The summed E-state index contributed by atoms with van der Waals surface area (Å²) in [5.41, 5.74) is 1.04. The van der Waals surface area contributed by atoms with Crippen LogP contribution in [-0.4, -0.2) is 29.8 Å². The molecule has 12 heavy (non-hydrogen) atoms. The maximum absolute atomic E-state index is 10.2. The van der Waals surface area contributed by atoms with E-state index in [1.807, 2.05) is 24.3 Å². The van der Waals surface area contributed by atoms with Gasteiger partial charge in [0.2, 0.25) is 0 Å². The van der Waals surface area contributed by atoms with Crippen LogP contribution in [0.2, 0.25) is 0 Å². The fourth-order valence-electron chi connectivity index (χ4n) is 0.949. The third-order valence-electron chi connectivity index (χ3n) is 1.48. The fourth-order valence-corrected chi connectivity index (χ4v) is 1.55. The Bertz CT molecular complexity index is 259. The van der Waals surface area contributed by atoms with Crippen LogP contribution in [-0.2, 0) is 11.3 Å². The number of aromatic nitrogens is 1.